The number of anilines is 1. The van der Waals surface area contributed by atoms with E-state index in [-0.39, 0.29) is 11.9 Å². The normalized spacial score (nSPS) is 13.8. The Hall–Kier alpha value is -1.83. The number of rotatable bonds is 7. The lowest BCUT2D eigenvalue weighted by Gasteiger charge is -2.25. The average Bonchev–Trinajstić information content (AvgIpc) is 3.05. The monoisotopic (exact) mass is 418 g/mol. The van der Waals surface area contributed by atoms with E-state index in [0.717, 1.165) is 47.1 Å². The lowest BCUT2D eigenvalue weighted by molar-refractivity contribution is 0.0526. The zero-order valence-electron chi connectivity index (χ0n) is 16.5. The number of hydrogen-bond acceptors (Lipinski definition) is 6. The molecule has 0 radical (unpaired) electrons. The summed E-state index contributed by atoms with van der Waals surface area (Å²) in [4.78, 5) is 30.0. The third-order valence-corrected chi connectivity index (χ3v) is 6.74. The van der Waals surface area contributed by atoms with Crippen LogP contribution in [0.3, 0.4) is 0 Å². The van der Waals surface area contributed by atoms with Crippen molar-refractivity contribution in [2.24, 2.45) is 0 Å². The molecule has 150 valence electrons. The highest BCUT2D eigenvalue weighted by Crippen LogP contribution is 2.38. The second kappa shape index (κ2) is 9.58. The predicted octanol–water partition coefficient (Wildman–Crippen LogP) is 4.67. The fourth-order valence-electron chi connectivity index (χ4n) is 3.28. The van der Waals surface area contributed by atoms with Crippen molar-refractivity contribution in [3.05, 3.63) is 45.8 Å². The lowest BCUT2D eigenvalue weighted by atomic mass is 10.0. The Kier molecular flexibility index (Phi) is 7.15. The Bertz CT molecular complexity index is 846. The van der Waals surface area contributed by atoms with Crippen LogP contribution >= 0.6 is 23.1 Å². The number of carbonyl (C=O) groups excluding carboxylic acids is 2. The van der Waals surface area contributed by atoms with Crippen molar-refractivity contribution in [3.8, 4) is 0 Å². The average molecular weight is 419 g/mol. The van der Waals surface area contributed by atoms with E-state index in [2.05, 4.69) is 24.1 Å². The Balaban J connectivity index is 1.86. The van der Waals surface area contributed by atoms with Crippen molar-refractivity contribution >= 4 is 40.0 Å². The van der Waals surface area contributed by atoms with E-state index in [0.29, 0.717) is 22.7 Å². The Morgan fingerprint density at radius 3 is 2.61 bits per heavy atom. The summed E-state index contributed by atoms with van der Waals surface area (Å²) in [5, 5.41) is 3.56. The number of hydrogen-bond donors (Lipinski definition) is 1. The molecule has 2 aromatic rings. The van der Waals surface area contributed by atoms with Crippen molar-refractivity contribution < 1.29 is 14.3 Å². The van der Waals surface area contributed by atoms with E-state index >= 15 is 0 Å². The first-order chi connectivity index (χ1) is 13.6. The first-order valence-electron chi connectivity index (χ1n) is 9.65. The molecule has 1 aromatic heterocycles. The van der Waals surface area contributed by atoms with Crippen LogP contribution in [-0.4, -0.2) is 42.2 Å². The molecule has 0 fully saturated rings. The van der Waals surface area contributed by atoms with Gasteiger partial charge < -0.3 is 10.1 Å². The van der Waals surface area contributed by atoms with Crippen molar-refractivity contribution in [1.29, 1.82) is 0 Å². The molecule has 0 bridgehead atoms. The maximum Gasteiger partial charge on any atom is 0.341 e. The molecule has 0 saturated heterocycles. The molecule has 7 heteroatoms. The van der Waals surface area contributed by atoms with E-state index in [1.807, 2.05) is 24.3 Å². The smallest absolute Gasteiger partial charge is 0.341 e. The van der Waals surface area contributed by atoms with Gasteiger partial charge in [-0.05, 0) is 55.5 Å². The maximum absolute atomic E-state index is 12.8. The predicted molar refractivity (Wildman–Crippen MR) is 116 cm³/mol. The summed E-state index contributed by atoms with van der Waals surface area (Å²) >= 11 is 3.23. The largest absolute Gasteiger partial charge is 0.462 e. The van der Waals surface area contributed by atoms with Crippen LogP contribution in [0.1, 0.15) is 51.9 Å². The van der Waals surface area contributed by atoms with Gasteiger partial charge >= 0.3 is 5.97 Å². The van der Waals surface area contributed by atoms with Crippen LogP contribution in [0.15, 0.2) is 29.2 Å². The molecule has 0 unspecified atom stereocenters. The number of nitrogens with zero attached hydrogens (tertiary/aromatic N) is 1. The van der Waals surface area contributed by atoms with Gasteiger partial charge in [-0.15, -0.1) is 23.1 Å². The number of amides is 1. The minimum atomic E-state index is -0.352. The summed E-state index contributed by atoms with van der Waals surface area (Å²) in [6.45, 7) is 9.03. The van der Waals surface area contributed by atoms with E-state index in [4.69, 9.17) is 4.74 Å². The fourth-order valence-corrected chi connectivity index (χ4v) is 5.21. The summed E-state index contributed by atoms with van der Waals surface area (Å²) in [5.74, 6) is 0.434. The van der Waals surface area contributed by atoms with Gasteiger partial charge in [-0.3, -0.25) is 9.69 Å². The molecular formula is C21H26N2O3S2. The molecule has 0 spiro atoms. The van der Waals surface area contributed by atoms with E-state index in [1.54, 1.807) is 18.7 Å². The third-order valence-electron chi connectivity index (χ3n) is 4.72. The number of fused-ring (bicyclic) bond motifs is 1. The zero-order chi connectivity index (χ0) is 20.1. The van der Waals surface area contributed by atoms with E-state index in [9.17, 15) is 9.59 Å². The van der Waals surface area contributed by atoms with Crippen LogP contribution < -0.4 is 5.32 Å². The number of ether oxygens (including phenoxy) is 1. The van der Waals surface area contributed by atoms with E-state index in [1.165, 1.54) is 11.3 Å². The number of benzene rings is 1. The SMILES string of the molecule is CCOC(=O)c1c(NC(=O)c2ccc(SCC)cc2)sc2c1CCN(CC)C2. The number of thiophene rings is 1. The second-order valence-electron chi connectivity index (χ2n) is 6.46. The zero-order valence-corrected chi connectivity index (χ0v) is 18.2. The maximum atomic E-state index is 12.8. The molecule has 0 saturated carbocycles. The summed E-state index contributed by atoms with van der Waals surface area (Å²) in [7, 11) is 0. The molecule has 1 amide bonds. The van der Waals surface area contributed by atoms with Crippen LogP contribution in [-0.2, 0) is 17.7 Å². The lowest BCUT2D eigenvalue weighted by Crippen LogP contribution is -2.30. The van der Waals surface area contributed by atoms with Crippen molar-refractivity contribution in [1.82, 2.24) is 4.90 Å². The standard InChI is InChI=1S/C21H26N2O3S2/c1-4-23-12-11-16-17(13-23)28-20(18(16)21(25)26-5-2)22-19(24)14-7-9-15(10-8-14)27-6-3/h7-10H,4-6,11-13H2,1-3H3,(H,22,24). The highest BCUT2D eigenvalue weighted by Gasteiger charge is 2.29. The molecule has 1 aliphatic heterocycles. The van der Waals surface area contributed by atoms with Gasteiger partial charge in [-0.1, -0.05) is 13.8 Å². The van der Waals surface area contributed by atoms with Crippen molar-refractivity contribution in [2.75, 3.05) is 30.8 Å². The number of nitrogens with one attached hydrogen (secondary N) is 1. The van der Waals surface area contributed by atoms with Crippen LogP contribution in [0.25, 0.3) is 0 Å². The molecule has 1 aliphatic rings. The van der Waals surface area contributed by atoms with Crippen LogP contribution in [0.5, 0.6) is 0 Å². The molecule has 3 rings (SSSR count). The van der Waals surface area contributed by atoms with Gasteiger partial charge in [-0.25, -0.2) is 4.79 Å². The first-order valence-corrected chi connectivity index (χ1v) is 11.5. The summed E-state index contributed by atoms with van der Waals surface area (Å²) in [6, 6.07) is 7.55. The van der Waals surface area contributed by atoms with Crippen LogP contribution in [0, 0.1) is 0 Å². The van der Waals surface area contributed by atoms with Crippen LogP contribution in [0.4, 0.5) is 5.00 Å². The quantitative estimate of drug-likeness (QED) is 0.523. The number of carbonyl (C=O) groups is 2. The highest BCUT2D eigenvalue weighted by atomic mass is 32.2. The number of esters is 1. The molecule has 0 atom stereocenters. The Morgan fingerprint density at radius 1 is 1.21 bits per heavy atom. The third kappa shape index (κ3) is 4.59. The first kappa shape index (κ1) is 20.9. The molecule has 5 nitrogen and oxygen atoms in total. The van der Waals surface area contributed by atoms with Gasteiger partial charge in [0.1, 0.15) is 5.00 Å². The Labute approximate surface area is 174 Å². The van der Waals surface area contributed by atoms with Gasteiger partial charge in [0.2, 0.25) is 0 Å². The number of likely N-dealkylation sites (N-methyl/N-ethyl adjacent to an activating group) is 1. The highest BCUT2D eigenvalue weighted by molar-refractivity contribution is 7.99. The molecule has 0 aliphatic carbocycles. The molecule has 1 aromatic carbocycles. The van der Waals surface area contributed by atoms with Gasteiger partial charge in [0, 0.05) is 28.4 Å². The van der Waals surface area contributed by atoms with Gasteiger partial charge in [0.25, 0.3) is 5.91 Å². The summed E-state index contributed by atoms with van der Waals surface area (Å²) in [6.07, 6.45) is 0.798. The summed E-state index contributed by atoms with van der Waals surface area (Å²) < 4.78 is 5.28. The minimum absolute atomic E-state index is 0.204. The molecule has 1 N–H and O–H groups in total. The van der Waals surface area contributed by atoms with Crippen molar-refractivity contribution in [3.63, 3.8) is 0 Å². The fraction of sp³-hybridized carbons (Fsp3) is 0.429. The van der Waals surface area contributed by atoms with E-state index < -0.39 is 0 Å². The topological polar surface area (TPSA) is 58.6 Å². The Morgan fingerprint density at radius 2 is 1.96 bits per heavy atom. The molecule has 2 heterocycles. The molecule has 28 heavy (non-hydrogen) atoms. The summed E-state index contributed by atoms with van der Waals surface area (Å²) in [5.41, 5.74) is 2.14. The van der Waals surface area contributed by atoms with Gasteiger partial charge in [0.15, 0.2) is 0 Å². The number of thioether (sulfide) groups is 1. The second-order valence-corrected chi connectivity index (χ2v) is 8.90. The van der Waals surface area contributed by atoms with Gasteiger partial charge in [0.05, 0.1) is 12.2 Å². The van der Waals surface area contributed by atoms with Crippen LogP contribution in [0.2, 0.25) is 0 Å². The minimum Gasteiger partial charge on any atom is -0.462 e. The molecular weight excluding hydrogens is 392 g/mol. The van der Waals surface area contributed by atoms with Crippen molar-refractivity contribution in [2.45, 2.75) is 38.6 Å². The van der Waals surface area contributed by atoms with Gasteiger partial charge in [-0.2, -0.15) is 0 Å².